The van der Waals surface area contributed by atoms with E-state index < -0.39 is 12.2 Å². The number of ether oxygens (including phenoxy) is 3. The fraction of sp³-hybridized carbons (Fsp3) is 0.333. The molecule has 1 aliphatic rings. The predicted octanol–water partition coefficient (Wildman–Crippen LogP) is 2.78. The summed E-state index contributed by atoms with van der Waals surface area (Å²) in [6.45, 7) is 3.16. The van der Waals surface area contributed by atoms with Gasteiger partial charge in [-0.3, -0.25) is 9.69 Å². The number of benzene rings is 2. The van der Waals surface area contributed by atoms with Crippen molar-refractivity contribution < 1.29 is 23.8 Å². The van der Waals surface area contributed by atoms with Crippen molar-refractivity contribution in [2.75, 3.05) is 31.7 Å². The molecule has 1 atom stereocenters. The molecule has 148 valence electrons. The minimum Gasteiger partial charge on any atom is -0.497 e. The molecule has 28 heavy (non-hydrogen) atoms. The van der Waals surface area contributed by atoms with E-state index in [-0.39, 0.29) is 18.9 Å². The summed E-state index contributed by atoms with van der Waals surface area (Å²) < 4.78 is 15.9. The number of hydrogen-bond donors (Lipinski definition) is 1. The molecule has 0 aromatic heterocycles. The third-order valence-electron chi connectivity index (χ3n) is 4.37. The van der Waals surface area contributed by atoms with Crippen molar-refractivity contribution >= 4 is 17.7 Å². The van der Waals surface area contributed by atoms with Gasteiger partial charge in [-0.1, -0.05) is 18.2 Å². The number of nitrogens with one attached hydrogen (secondary N) is 1. The highest BCUT2D eigenvalue weighted by Crippen LogP contribution is 2.25. The molecule has 0 aliphatic carbocycles. The van der Waals surface area contributed by atoms with Crippen LogP contribution in [0.4, 0.5) is 10.5 Å². The Morgan fingerprint density at radius 2 is 2.00 bits per heavy atom. The van der Waals surface area contributed by atoms with E-state index in [1.54, 1.807) is 13.2 Å². The van der Waals surface area contributed by atoms with Gasteiger partial charge in [-0.15, -0.1) is 0 Å². The number of nitrogens with zero attached hydrogens (tertiary/aromatic N) is 1. The van der Waals surface area contributed by atoms with Gasteiger partial charge < -0.3 is 19.5 Å². The summed E-state index contributed by atoms with van der Waals surface area (Å²) in [5, 5.41) is 2.83. The van der Waals surface area contributed by atoms with Crippen LogP contribution in [-0.4, -0.2) is 44.9 Å². The molecule has 7 heteroatoms. The zero-order valence-electron chi connectivity index (χ0n) is 16.0. The second-order valence-corrected chi connectivity index (χ2v) is 6.38. The van der Waals surface area contributed by atoms with Crippen LogP contribution in [0.5, 0.6) is 11.5 Å². The Kier molecular flexibility index (Phi) is 6.37. The van der Waals surface area contributed by atoms with Crippen molar-refractivity contribution in [1.29, 1.82) is 0 Å². The fourth-order valence-electron chi connectivity index (χ4n) is 2.96. The lowest BCUT2D eigenvalue weighted by atomic mass is 10.1. The first-order chi connectivity index (χ1) is 13.6. The number of anilines is 1. The third-order valence-corrected chi connectivity index (χ3v) is 4.37. The summed E-state index contributed by atoms with van der Waals surface area (Å²) >= 11 is 0. The number of carbonyl (C=O) groups is 2. The standard InChI is InChI=1S/C21H24N2O5/c1-3-27-17-9-7-15(8-10-17)11-20(24)22-13-19-14-23(21(25)28-19)16-5-4-6-18(12-16)26-2/h4-10,12,19H,3,11,13-14H2,1-2H3,(H,22,24). The van der Waals surface area contributed by atoms with E-state index in [4.69, 9.17) is 14.2 Å². The second kappa shape index (κ2) is 9.12. The van der Waals surface area contributed by atoms with Crippen LogP contribution in [0.3, 0.4) is 0 Å². The van der Waals surface area contributed by atoms with Crippen LogP contribution < -0.4 is 19.7 Å². The molecule has 1 N–H and O–H groups in total. The Morgan fingerprint density at radius 3 is 2.71 bits per heavy atom. The van der Waals surface area contributed by atoms with Crippen LogP contribution in [0.1, 0.15) is 12.5 Å². The molecule has 0 spiro atoms. The van der Waals surface area contributed by atoms with E-state index >= 15 is 0 Å². The van der Waals surface area contributed by atoms with E-state index in [0.29, 0.717) is 24.6 Å². The summed E-state index contributed by atoms with van der Waals surface area (Å²) in [4.78, 5) is 25.9. The van der Waals surface area contributed by atoms with Gasteiger partial charge in [-0.25, -0.2) is 4.79 Å². The lowest BCUT2D eigenvalue weighted by Gasteiger charge is -2.14. The molecule has 3 rings (SSSR count). The van der Waals surface area contributed by atoms with Crippen molar-refractivity contribution in [1.82, 2.24) is 5.32 Å². The Labute approximate surface area is 164 Å². The largest absolute Gasteiger partial charge is 0.497 e. The highest BCUT2D eigenvalue weighted by atomic mass is 16.6. The van der Waals surface area contributed by atoms with Gasteiger partial charge in [0.15, 0.2) is 0 Å². The van der Waals surface area contributed by atoms with Gasteiger partial charge in [0.1, 0.15) is 17.6 Å². The molecule has 2 aromatic rings. The van der Waals surface area contributed by atoms with Crippen molar-refractivity contribution in [3.63, 3.8) is 0 Å². The summed E-state index contributed by atoms with van der Waals surface area (Å²) in [5.41, 5.74) is 1.59. The predicted molar refractivity (Wildman–Crippen MR) is 105 cm³/mol. The van der Waals surface area contributed by atoms with Gasteiger partial charge >= 0.3 is 6.09 Å². The number of amides is 2. The Balaban J connectivity index is 1.49. The Morgan fingerprint density at radius 1 is 1.21 bits per heavy atom. The maximum absolute atomic E-state index is 12.2. The average molecular weight is 384 g/mol. The molecular weight excluding hydrogens is 360 g/mol. The highest BCUT2D eigenvalue weighted by Gasteiger charge is 2.32. The van der Waals surface area contributed by atoms with Gasteiger partial charge in [0, 0.05) is 6.07 Å². The summed E-state index contributed by atoms with van der Waals surface area (Å²) in [7, 11) is 1.57. The average Bonchev–Trinajstić information content (AvgIpc) is 3.09. The van der Waals surface area contributed by atoms with E-state index in [9.17, 15) is 9.59 Å². The molecule has 0 radical (unpaired) electrons. The molecule has 7 nitrogen and oxygen atoms in total. The van der Waals surface area contributed by atoms with E-state index in [2.05, 4.69) is 5.32 Å². The topological polar surface area (TPSA) is 77.1 Å². The monoisotopic (exact) mass is 384 g/mol. The van der Waals surface area contributed by atoms with E-state index in [0.717, 1.165) is 11.3 Å². The number of hydrogen-bond acceptors (Lipinski definition) is 5. The molecule has 1 saturated heterocycles. The SMILES string of the molecule is CCOc1ccc(CC(=O)NCC2CN(c3cccc(OC)c3)C(=O)O2)cc1. The van der Waals surface area contributed by atoms with Gasteiger partial charge in [-0.2, -0.15) is 0 Å². The van der Waals surface area contributed by atoms with Crippen molar-refractivity contribution in [2.45, 2.75) is 19.4 Å². The van der Waals surface area contributed by atoms with Gasteiger partial charge in [0.25, 0.3) is 0 Å². The van der Waals surface area contributed by atoms with Gasteiger partial charge in [-0.05, 0) is 36.8 Å². The van der Waals surface area contributed by atoms with Gasteiger partial charge in [0.05, 0.1) is 38.9 Å². The number of carbonyl (C=O) groups excluding carboxylic acids is 2. The van der Waals surface area contributed by atoms with Crippen LogP contribution in [-0.2, 0) is 16.0 Å². The number of methoxy groups -OCH3 is 1. The third kappa shape index (κ3) is 4.94. The molecular formula is C21H24N2O5. The normalized spacial score (nSPS) is 15.9. The molecule has 1 heterocycles. The van der Waals surface area contributed by atoms with Crippen LogP contribution in [0, 0.1) is 0 Å². The summed E-state index contributed by atoms with van der Waals surface area (Å²) in [6.07, 6.45) is -0.575. The maximum atomic E-state index is 12.2. The van der Waals surface area contributed by atoms with E-state index in [1.165, 1.54) is 4.90 Å². The van der Waals surface area contributed by atoms with Crippen LogP contribution in [0.15, 0.2) is 48.5 Å². The first-order valence-electron chi connectivity index (χ1n) is 9.19. The summed E-state index contributed by atoms with van der Waals surface area (Å²) in [5.74, 6) is 1.32. The summed E-state index contributed by atoms with van der Waals surface area (Å²) in [6, 6.07) is 14.6. The first-order valence-corrected chi connectivity index (χ1v) is 9.19. The lowest BCUT2D eigenvalue weighted by Crippen LogP contribution is -2.35. The van der Waals surface area contributed by atoms with Gasteiger partial charge in [0.2, 0.25) is 5.91 Å². The molecule has 0 saturated carbocycles. The quantitative estimate of drug-likeness (QED) is 0.757. The minimum absolute atomic E-state index is 0.125. The highest BCUT2D eigenvalue weighted by molar-refractivity contribution is 5.90. The van der Waals surface area contributed by atoms with Crippen molar-refractivity contribution in [3.8, 4) is 11.5 Å². The Hall–Kier alpha value is -3.22. The molecule has 1 fully saturated rings. The molecule has 0 bridgehead atoms. The van der Waals surface area contributed by atoms with Crippen molar-refractivity contribution in [3.05, 3.63) is 54.1 Å². The Bertz CT molecular complexity index is 822. The van der Waals surface area contributed by atoms with Crippen LogP contribution in [0.2, 0.25) is 0 Å². The van der Waals surface area contributed by atoms with E-state index in [1.807, 2.05) is 49.4 Å². The number of cyclic esters (lactones) is 1. The smallest absolute Gasteiger partial charge is 0.414 e. The van der Waals surface area contributed by atoms with Crippen LogP contribution in [0.25, 0.3) is 0 Å². The molecule has 1 aliphatic heterocycles. The number of rotatable bonds is 8. The maximum Gasteiger partial charge on any atom is 0.414 e. The zero-order valence-corrected chi connectivity index (χ0v) is 16.0. The second-order valence-electron chi connectivity index (χ2n) is 6.38. The lowest BCUT2D eigenvalue weighted by molar-refractivity contribution is -0.120. The van der Waals surface area contributed by atoms with Crippen LogP contribution >= 0.6 is 0 Å². The minimum atomic E-state index is -0.431. The zero-order chi connectivity index (χ0) is 19.9. The fourth-order valence-corrected chi connectivity index (χ4v) is 2.96. The molecule has 1 unspecified atom stereocenters. The first kappa shape index (κ1) is 19.5. The molecule has 2 amide bonds. The van der Waals surface area contributed by atoms with Crippen molar-refractivity contribution in [2.24, 2.45) is 0 Å². The molecule has 2 aromatic carbocycles.